The highest BCUT2D eigenvalue weighted by molar-refractivity contribution is 7.86. The molecule has 16 nitrogen and oxygen atoms in total. The largest absolute Gasteiger partial charge is 0.446 e. The number of nitrogens with one attached hydrogen (secondary N) is 2. The SMILES string of the molecule is CC1(C)C(/C=C/C=C/C=C2/N(CCCCC(=O)NCCCNC(=O)OC3CC/C=C/CCC3)c3ccc(S(=O)(=O)O)cc3C2(C)C)=[N+](CCCS(=O)(=O)O)c2ccc(S(=O)(=O)O)cc21. The van der Waals surface area contributed by atoms with Gasteiger partial charge in [-0.2, -0.15) is 29.8 Å². The Bertz CT molecular complexity index is 2560. The van der Waals surface area contributed by atoms with Gasteiger partial charge in [0, 0.05) is 67.0 Å². The molecule has 64 heavy (non-hydrogen) atoms. The van der Waals surface area contributed by atoms with Crippen LogP contribution >= 0.6 is 0 Å². The van der Waals surface area contributed by atoms with E-state index in [9.17, 15) is 48.5 Å². The number of carbonyl (C=O) groups excluding carboxylic acids is 2. The highest BCUT2D eigenvalue weighted by atomic mass is 32.2. The lowest BCUT2D eigenvalue weighted by molar-refractivity contribution is -0.437. The topological polar surface area (TPSA) is 237 Å². The van der Waals surface area contributed by atoms with E-state index in [1.54, 1.807) is 24.3 Å². The molecule has 2 aromatic rings. The molecule has 19 heteroatoms. The monoisotopic (exact) mass is 945 g/mol. The van der Waals surface area contributed by atoms with Crippen LogP contribution in [-0.2, 0) is 50.7 Å². The van der Waals surface area contributed by atoms with Crippen molar-refractivity contribution < 1.29 is 57.8 Å². The summed E-state index contributed by atoms with van der Waals surface area (Å²) in [6.45, 7) is 9.13. The van der Waals surface area contributed by atoms with E-state index in [0.717, 1.165) is 49.2 Å². The van der Waals surface area contributed by atoms with Crippen LogP contribution in [0.25, 0.3) is 0 Å². The normalized spacial score (nSPS) is 19.7. The van der Waals surface area contributed by atoms with Crippen molar-refractivity contribution in [1.29, 1.82) is 0 Å². The van der Waals surface area contributed by atoms with Gasteiger partial charge in [0.25, 0.3) is 30.4 Å². The van der Waals surface area contributed by atoms with Crippen LogP contribution in [0.15, 0.2) is 94.4 Å². The van der Waals surface area contributed by atoms with E-state index in [0.29, 0.717) is 55.7 Å². The number of nitrogens with zero attached hydrogens (tertiary/aromatic N) is 2. The average Bonchev–Trinajstić information content (AvgIpc) is 3.53. The number of amides is 2. The van der Waals surface area contributed by atoms with Crippen LogP contribution in [0.4, 0.5) is 16.2 Å². The molecular formula is C45H61N4O12S3+. The summed E-state index contributed by atoms with van der Waals surface area (Å²) in [4.78, 5) is 26.5. The summed E-state index contributed by atoms with van der Waals surface area (Å²) in [5.41, 5.74) is 2.78. The number of alkyl carbamates (subject to hydrolysis) is 1. The molecule has 1 aliphatic carbocycles. The van der Waals surface area contributed by atoms with Crippen molar-refractivity contribution in [2.24, 2.45) is 0 Å². The van der Waals surface area contributed by atoms with Crippen LogP contribution in [0.3, 0.4) is 0 Å². The Morgan fingerprint density at radius 1 is 0.797 bits per heavy atom. The molecule has 3 aliphatic rings. The Hall–Kier alpha value is -4.66. The number of hydrogen-bond donors (Lipinski definition) is 5. The molecule has 2 heterocycles. The Labute approximate surface area is 377 Å². The van der Waals surface area contributed by atoms with Gasteiger partial charge < -0.3 is 20.3 Å². The van der Waals surface area contributed by atoms with E-state index in [-0.39, 0.29) is 41.2 Å². The van der Waals surface area contributed by atoms with Gasteiger partial charge in [0.2, 0.25) is 11.6 Å². The zero-order valence-corrected chi connectivity index (χ0v) is 39.3. The molecule has 0 fully saturated rings. The van der Waals surface area contributed by atoms with Crippen molar-refractivity contribution in [3.8, 4) is 0 Å². The fourth-order valence-corrected chi connectivity index (χ4v) is 9.97. The average molecular weight is 946 g/mol. The van der Waals surface area contributed by atoms with Gasteiger partial charge in [-0.1, -0.05) is 44.2 Å². The first-order valence-electron chi connectivity index (χ1n) is 21.5. The van der Waals surface area contributed by atoms with E-state index < -0.39 is 53.0 Å². The minimum Gasteiger partial charge on any atom is -0.446 e. The number of hydrogen-bond acceptors (Lipinski definition) is 10. The fraction of sp³-hybridized carbons (Fsp3) is 0.489. The smallest absolute Gasteiger partial charge is 0.407 e. The van der Waals surface area contributed by atoms with Crippen LogP contribution in [-0.4, -0.2) is 99.2 Å². The van der Waals surface area contributed by atoms with Gasteiger partial charge >= 0.3 is 6.09 Å². The zero-order valence-electron chi connectivity index (χ0n) is 36.8. The van der Waals surface area contributed by atoms with E-state index >= 15 is 0 Å². The predicted molar refractivity (Wildman–Crippen MR) is 245 cm³/mol. The molecule has 0 saturated carbocycles. The number of fused-ring (bicyclic) bond motifs is 2. The maximum Gasteiger partial charge on any atom is 0.407 e. The number of ether oxygens (including phenoxy) is 1. The van der Waals surface area contributed by atoms with Gasteiger partial charge in [0.1, 0.15) is 12.6 Å². The van der Waals surface area contributed by atoms with E-state index in [4.69, 9.17) is 4.74 Å². The first-order valence-corrected chi connectivity index (χ1v) is 26.0. The molecular weight excluding hydrogens is 885 g/mol. The third-order valence-electron chi connectivity index (χ3n) is 11.8. The second-order valence-electron chi connectivity index (χ2n) is 17.3. The standard InChI is InChI=1S/C45H60N4O12S3/c1-44(2)36-31-34(63(55,56)57)22-24-38(36)48(28-14-13-21-42(50)46-26-15-27-47-43(51)61-33-17-9-6-5-7-10-18-33)40(44)19-11-8-12-20-41-45(3,4)37-32-35(64(58,59)60)23-25-39(37)49(41)29-16-30-62(52,53)54/h5-6,8,11-12,19-20,22-25,31-33H,7,9-10,13-18,21,26-30H2,1-4H3,(H4-,46,47,50,51,52,53,54,55,56,57,58,59,60)/p+1/b6-5+. The van der Waals surface area contributed by atoms with Crippen molar-refractivity contribution in [2.45, 2.75) is 119 Å². The van der Waals surface area contributed by atoms with Crippen LogP contribution in [0.5, 0.6) is 0 Å². The quantitative estimate of drug-likeness (QED) is 0.0317. The molecule has 2 aromatic carbocycles. The third-order valence-corrected chi connectivity index (χ3v) is 14.3. The fourth-order valence-electron chi connectivity index (χ4n) is 8.46. The number of allylic oxidation sites excluding steroid dienone is 8. The van der Waals surface area contributed by atoms with Crippen LogP contribution in [0, 0.1) is 0 Å². The molecule has 0 bridgehead atoms. The lowest BCUT2D eigenvalue weighted by Gasteiger charge is -2.27. The minimum atomic E-state index is -4.50. The van der Waals surface area contributed by atoms with Crippen molar-refractivity contribution in [3.63, 3.8) is 0 Å². The summed E-state index contributed by atoms with van der Waals surface area (Å²) < 4.78 is 108. The maximum absolute atomic E-state index is 12.7. The Kier molecular flexibility index (Phi) is 16.6. The molecule has 2 amide bonds. The molecule has 0 aromatic heterocycles. The number of rotatable bonds is 19. The van der Waals surface area contributed by atoms with Crippen molar-refractivity contribution in [2.75, 3.05) is 36.8 Å². The molecule has 0 spiro atoms. The van der Waals surface area contributed by atoms with Gasteiger partial charge in [0.15, 0.2) is 5.71 Å². The summed E-state index contributed by atoms with van der Waals surface area (Å²) in [5.74, 6) is -0.587. The van der Waals surface area contributed by atoms with Crippen LogP contribution in [0.2, 0.25) is 0 Å². The highest BCUT2D eigenvalue weighted by Gasteiger charge is 2.45. The van der Waals surface area contributed by atoms with E-state index in [1.165, 1.54) is 24.3 Å². The molecule has 0 radical (unpaired) electrons. The predicted octanol–water partition coefficient (Wildman–Crippen LogP) is 6.92. The Balaban J connectivity index is 1.25. The second-order valence-corrected chi connectivity index (χ2v) is 21.7. The lowest BCUT2D eigenvalue weighted by atomic mass is 9.81. The van der Waals surface area contributed by atoms with Crippen molar-refractivity contribution in [1.82, 2.24) is 10.6 Å². The number of anilines is 1. The second kappa shape index (κ2) is 21.1. The van der Waals surface area contributed by atoms with Crippen molar-refractivity contribution >= 4 is 59.4 Å². The number of benzene rings is 2. The van der Waals surface area contributed by atoms with Gasteiger partial charge in [-0.3, -0.25) is 18.5 Å². The minimum absolute atomic E-state index is 0.0825. The summed E-state index contributed by atoms with van der Waals surface area (Å²) in [7, 11) is -13.2. The van der Waals surface area contributed by atoms with E-state index in [2.05, 4.69) is 27.7 Å². The van der Waals surface area contributed by atoms with Gasteiger partial charge in [-0.15, -0.1) is 0 Å². The number of unbranched alkanes of at least 4 members (excludes halogenated alkanes) is 1. The zero-order chi connectivity index (χ0) is 46.9. The van der Waals surface area contributed by atoms with Gasteiger partial charge in [-0.05, 0) is 107 Å². The molecule has 5 N–H and O–H groups in total. The summed E-state index contributed by atoms with van der Waals surface area (Å²) in [6.07, 6.45) is 19.5. The first kappa shape index (κ1) is 50.3. The van der Waals surface area contributed by atoms with Gasteiger partial charge in [-0.25, -0.2) is 4.79 Å². The number of carbonyl (C=O) groups is 2. The molecule has 1 unspecified atom stereocenters. The maximum atomic E-state index is 12.7. The van der Waals surface area contributed by atoms with Crippen molar-refractivity contribution in [3.05, 3.63) is 95.8 Å². The molecule has 0 saturated heterocycles. The molecule has 5 rings (SSSR count). The third kappa shape index (κ3) is 13.2. The molecule has 2 aliphatic heterocycles. The van der Waals surface area contributed by atoms with Crippen LogP contribution < -0.4 is 15.5 Å². The summed E-state index contributed by atoms with van der Waals surface area (Å²) in [6, 6.07) is 8.73. The van der Waals surface area contributed by atoms with E-state index in [1.807, 2.05) is 50.5 Å². The lowest BCUT2D eigenvalue weighted by Crippen LogP contribution is -2.32. The van der Waals surface area contributed by atoms with Crippen LogP contribution in [0.1, 0.15) is 103 Å². The first-order chi connectivity index (χ1) is 30.0. The molecule has 1 atom stereocenters. The molecule has 350 valence electrons. The van der Waals surface area contributed by atoms with Gasteiger partial charge in [0.05, 0.1) is 21.0 Å². The Morgan fingerprint density at radius 3 is 2.17 bits per heavy atom. The Morgan fingerprint density at radius 2 is 1.47 bits per heavy atom. The highest BCUT2D eigenvalue weighted by Crippen LogP contribution is 2.48. The summed E-state index contributed by atoms with van der Waals surface area (Å²) >= 11 is 0. The summed E-state index contributed by atoms with van der Waals surface area (Å²) in [5, 5.41) is 5.67.